The van der Waals surface area contributed by atoms with Crippen molar-refractivity contribution in [3.63, 3.8) is 0 Å². The largest absolute Gasteiger partial charge is 0.355 e. The monoisotopic (exact) mass is 296 g/mol. The van der Waals surface area contributed by atoms with Gasteiger partial charge in [0.2, 0.25) is 5.91 Å². The second-order valence-electron chi connectivity index (χ2n) is 4.52. The lowest BCUT2D eigenvalue weighted by Gasteiger charge is -2.14. The molecule has 0 bridgehead atoms. The second kappa shape index (κ2) is 5.62. The van der Waals surface area contributed by atoms with Gasteiger partial charge in [-0.2, -0.15) is 0 Å². The maximum atomic E-state index is 12.2. The molecule has 1 aliphatic heterocycles. The van der Waals surface area contributed by atoms with Gasteiger partial charge < -0.3 is 5.32 Å². The van der Waals surface area contributed by atoms with E-state index in [2.05, 4.69) is 5.32 Å². The fraction of sp³-hybridized carbons (Fsp3) is 0.385. The molecular formula is C13H16N2O4S. The molecule has 0 radical (unpaired) electrons. The molecule has 6 nitrogen and oxygen atoms in total. The first kappa shape index (κ1) is 14.5. The van der Waals surface area contributed by atoms with Crippen LogP contribution in [0.4, 0.5) is 0 Å². The number of nitrogens with zero attached hydrogens (tertiary/aromatic N) is 1. The van der Waals surface area contributed by atoms with Gasteiger partial charge in [0.25, 0.3) is 15.9 Å². The molecule has 2 rings (SSSR count). The zero-order valence-electron chi connectivity index (χ0n) is 11.1. The van der Waals surface area contributed by atoms with Gasteiger partial charge in [-0.05, 0) is 18.6 Å². The summed E-state index contributed by atoms with van der Waals surface area (Å²) in [4.78, 5) is 23.7. The average Bonchev–Trinajstić information content (AvgIpc) is 2.61. The predicted octanol–water partition coefficient (Wildman–Crippen LogP) is 0.747. The van der Waals surface area contributed by atoms with E-state index >= 15 is 0 Å². The Morgan fingerprint density at radius 3 is 2.65 bits per heavy atom. The standard InChI is InChI=1S/C13H16N2O4S/c1-2-3-8-14-12(16)9-15-13(17)10-6-4-5-7-11(10)20(15,18)19/h4-7H,2-3,8-9H2,1H3,(H,14,16). The van der Waals surface area contributed by atoms with Crippen LogP contribution in [0.2, 0.25) is 0 Å². The van der Waals surface area contributed by atoms with Crippen molar-refractivity contribution in [3.05, 3.63) is 29.8 Å². The molecule has 1 aliphatic rings. The highest BCUT2D eigenvalue weighted by atomic mass is 32.2. The van der Waals surface area contributed by atoms with Gasteiger partial charge in [0.05, 0.1) is 5.56 Å². The number of rotatable bonds is 5. The van der Waals surface area contributed by atoms with E-state index in [1.165, 1.54) is 12.1 Å². The lowest BCUT2D eigenvalue weighted by atomic mass is 10.2. The van der Waals surface area contributed by atoms with E-state index in [-0.39, 0.29) is 10.5 Å². The number of nitrogens with one attached hydrogen (secondary N) is 1. The van der Waals surface area contributed by atoms with Crippen molar-refractivity contribution in [1.29, 1.82) is 0 Å². The van der Waals surface area contributed by atoms with Gasteiger partial charge in [0.1, 0.15) is 11.4 Å². The highest BCUT2D eigenvalue weighted by Gasteiger charge is 2.41. The molecule has 108 valence electrons. The Kier molecular flexibility index (Phi) is 4.08. The Hall–Kier alpha value is -1.89. The Morgan fingerprint density at radius 1 is 1.30 bits per heavy atom. The first-order chi connectivity index (χ1) is 9.48. The summed E-state index contributed by atoms with van der Waals surface area (Å²) in [5.74, 6) is -1.12. The second-order valence-corrected chi connectivity index (χ2v) is 6.35. The number of carbonyl (C=O) groups is 2. The topological polar surface area (TPSA) is 83.6 Å². The summed E-state index contributed by atoms with van der Waals surface area (Å²) >= 11 is 0. The summed E-state index contributed by atoms with van der Waals surface area (Å²) in [6.45, 7) is 1.99. The zero-order valence-corrected chi connectivity index (χ0v) is 11.9. The van der Waals surface area contributed by atoms with Crippen molar-refractivity contribution < 1.29 is 18.0 Å². The number of amides is 2. The van der Waals surface area contributed by atoms with Gasteiger partial charge in [-0.25, -0.2) is 12.7 Å². The van der Waals surface area contributed by atoms with E-state index in [4.69, 9.17) is 0 Å². The molecule has 1 aromatic carbocycles. The van der Waals surface area contributed by atoms with Crippen LogP contribution in [0.25, 0.3) is 0 Å². The van der Waals surface area contributed by atoms with Crippen LogP contribution in [0.1, 0.15) is 30.1 Å². The van der Waals surface area contributed by atoms with Crippen LogP contribution in [-0.2, 0) is 14.8 Å². The van der Waals surface area contributed by atoms with Crippen molar-refractivity contribution in [2.24, 2.45) is 0 Å². The molecule has 0 fully saturated rings. The molecule has 0 atom stereocenters. The number of carbonyl (C=O) groups excluding carboxylic acids is 2. The number of fused-ring (bicyclic) bond motifs is 1. The summed E-state index contributed by atoms with van der Waals surface area (Å²) in [5, 5.41) is 2.60. The molecule has 20 heavy (non-hydrogen) atoms. The molecule has 0 spiro atoms. The van der Waals surface area contributed by atoms with Crippen molar-refractivity contribution in [1.82, 2.24) is 9.62 Å². The zero-order chi connectivity index (χ0) is 14.8. The molecule has 0 aliphatic carbocycles. The predicted molar refractivity (Wildman–Crippen MR) is 72.6 cm³/mol. The van der Waals surface area contributed by atoms with Crippen LogP contribution in [0.5, 0.6) is 0 Å². The van der Waals surface area contributed by atoms with Crippen LogP contribution in [0.3, 0.4) is 0 Å². The van der Waals surface area contributed by atoms with Gasteiger partial charge in [-0.15, -0.1) is 0 Å². The first-order valence-corrected chi connectivity index (χ1v) is 7.85. The summed E-state index contributed by atoms with van der Waals surface area (Å²) in [6.07, 6.45) is 1.74. The Morgan fingerprint density at radius 2 is 2.00 bits per heavy atom. The summed E-state index contributed by atoms with van der Waals surface area (Å²) in [5.41, 5.74) is 0.119. The van der Waals surface area contributed by atoms with E-state index in [0.29, 0.717) is 10.8 Å². The van der Waals surface area contributed by atoms with Gasteiger partial charge in [-0.1, -0.05) is 25.5 Å². The van der Waals surface area contributed by atoms with Crippen molar-refractivity contribution in [2.45, 2.75) is 24.7 Å². The van der Waals surface area contributed by atoms with Crippen molar-refractivity contribution in [3.8, 4) is 0 Å². The molecular weight excluding hydrogens is 280 g/mol. The molecule has 1 aromatic rings. The molecule has 0 aromatic heterocycles. The summed E-state index contributed by atoms with van der Waals surface area (Å²) in [6, 6.07) is 5.97. The van der Waals surface area contributed by atoms with Gasteiger partial charge in [-0.3, -0.25) is 9.59 Å². The number of sulfonamides is 1. The third-order valence-corrected chi connectivity index (χ3v) is 4.84. The average molecular weight is 296 g/mol. The minimum absolute atomic E-state index is 0.0358. The molecule has 0 saturated heterocycles. The quantitative estimate of drug-likeness (QED) is 0.813. The molecule has 0 unspecified atom stereocenters. The van der Waals surface area contributed by atoms with Gasteiger partial charge in [0.15, 0.2) is 0 Å². The summed E-state index contributed by atoms with van der Waals surface area (Å²) in [7, 11) is -3.90. The Balaban J connectivity index is 2.15. The maximum absolute atomic E-state index is 12.2. The fourth-order valence-electron chi connectivity index (χ4n) is 1.98. The van der Waals surface area contributed by atoms with Crippen LogP contribution in [-0.4, -0.2) is 37.6 Å². The first-order valence-electron chi connectivity index (χ1n) is 6.41. The molecule has 1 N–H and O–H groups in total. The third-order valence-electron chi connectivity index (χ3n) is 3.05. The van der Waals surface area contributed by atoms with E-state index in [0.717, 1.165) is 12.8 Å². The molecule has 0 saturated carbocycles. The van der Waals surface area contributed by atoms with Crippen LogP contribution >= 0.6 is 0 Å². The third kappa shape index (κ3) is 2.53. The molecule has 1 heterocycles. The van der Waals surface area contributed by atoms with Crippen LogP contribution in [0, 0.1) is 0 Å². The molecule has 7 heteroatoms. The van der Waals surface area contributed by atoms with E-state index in [9.17, 15) is 18.0 Å². The van der Waals surface area contributed by atoms with Crippen LogP contribution < -0.4 is 5.32 Å². The van der Waals surface area contributed by atoms with E-state index in [1.54, 1.807) is 12.1 Å². The highest BCUT2D eigenvalue weighted by molar-refractivity contribution is 7.90. The van der Waals surface area contributed by atoms with Crippen molar-refractivity contribution >= 4 is 21.8 Å². The molecule has 2 amide bonds. The Bertz CT molecular complexity index is 640. The number of benzene rings is 1. The number of unbranched alkanes of at least 4 members (excludes halogenated alkanes) is 1. The smallest absolute Gasteiger partial charge is 0.269 e. The maximum Gasteiger partial charge on any atom is 0.269 e. The van der Waals surface area contributed by atoms with Crippen LogP contribution in [0.15, 0.2) is 29.2 Å². The minimum Gasteiger partial charge on any atom is -0.355 e. The minimum atomic E-state index is -3.90. The van der Waals surface area contributed by atoms with Gasteiger partial charge in [0, 0.05) is 6.54 Å². The summed E-state index contributed by atoms with van der Waals surface area (Å²) < 4.78 is 25.0. The SMILES string of the molecule is CCCCNC(=O)CN1C(=O)c2ccccc2S1(=O)=O. The highest BCUT2D eigenvalue weighted by Crippen LogP contribution is 2.29. The lowest BCUT2D eigenvalue weighted by molar-refractivity contribution is -0.121. The van der Waals surface area contributed by atoms with Crippen molar-refractivity contribution in [2.75, 3.05) is 13.1 Å². The number of hydrogen-bond donors (Lipinski definition) is 1. The number of hydrogen-bond acceptors (Lipinski definition) is 4. The van der Waals surface area contributed by atoms with E-state index < -0.39 is 28.4 Å². The lowest BCUT2D eigenvalue weighted by Crippen LogP contribution is -2.40. The van der Waals surface area contributed by atoms with E-state index in [1.807, 2.05) is 6.92 Å². The fourth-order valence-corrected chi connectivity index (χ4v) is 3.50. The van der Waals surface area contributed by atoms with Gasteiger partial charge >= 0.3 is 0 Å². The normalized spacial score (nSPS) is 16.1. The Labute approximate surface area is 117 Å².